The largest absolute Gasteiger partial charge is 0.478 e. The number of alkyl halides is 3. The Morgan fingerprint density at radius 2 is 2.00 bits per heavy atom. The van der Waals surface area contributed by atoms with Crippen LogP contribution in [0.1, 0.15) is 5.56 Å². The van der Waals surface area contributed by atoms with E-state index in [9.17, 15) is 17.6 Å². The van der Waals surface area contributed by atoms with Gasteiger partial charge in [-0.15, -0.1) is 6.42 Å². The van der Waals surface area contributed by atoms with Crippen molar-refractivity contribution in [2.45, 2.75) is 6.18 Å². The van der Waals surface area contributed by atoms with Crippen LogP contribution in [0.25, 0.3) is 0 Å². The van der Waals surface area contributed by atoms with Crippen LogP contribution in [0.2, 0.25) is 0 Å². The van der Waals surface area contributed by atoms with Gasteiger partial charge in [0.2, 0.25) is 0 Å². The van der Waals surface area contributed by atoms with E-state index >= 15 is 0 Å². The molecule has 1 aromatic rings. The molecule has 0 heterocycles. The van der Waals surface area contributed by atoms with Crippen LogP contribution in [0, 0.1) is 18.2 Å². The Hall–Kier alpha value is -1.70. The number of halogens is 4. The number of benzene rings is 1. The molecule has 1 aromatic carbocycles. The summed E-state index contributed by atoms with van der Waals surface area (Å²) in [6.45, 7) is -0.280. The number of rotatable bonds is 2. The van der Waals surface area contributed by atoms with Crippen molar-refractivity contribution in [3.63, 3.8) is 0 Å². The molecule has 0 amide bonds. The van der Waals surface area contributed by atoms with E-state index < -0.39 is 23.3 Å². The van der Waals surface area contributed by atoms with Crippen molar-refractivity contribution >= 4 is 0 Å². The Bertz CT molecular complexity index is 389. The molecule has 0 aliphatic heterocycles. The van der Waals surface area contributed by atoms with Crippen molar-refractivity contribution in [2.75, 3.05) is 6.61 Å². The van der Waals surface area contributed by atoms with E-state index in [0.29, 0.717) is 6.07 Å². The average molecular weight is 218 g/mol. The van der Waals surface area contributed by atoms with E-state index in [0.717, 1.165) is 12.1 Å². The van der Waals surface area contributed by atoms with Crippen LogP contribution in [0.5, 0.6) is 5.75 Å². The molecule has 0 saturated heterocycles. The third kappa shape index (κ3) is 2.62. The molecule has 0 fully saturated rings. The smallest absolute Gasteiger partial charge is 0.419 e. The van der Waals surface area contributed by atoms with Crippen LogP contribution >= 0.6 is 0 Å². The lowest BCUT2D eigenvalue weighted by Gasteiger charge is -2.10. The first-order valence-electron chi connectivity index (χ1n) is 3.88. The quantitative estimate of drug-likeness (QED) is 0.547. The predicted octanol–water partition coefficient (Wildman–Crippen LogP) is 2.86. The third-order valence-corrected chi connectivity index (χ3v) is 1.58. The highest BCUT2D eigenvalue weighted by Crippen LogP contribution is 2.34. The summed E-state index contributed by atoms with van der Waals surface area (Å²) >= 11 is 0. The van der Waals surface area contributed by atoms with Gasteiger partial charge in [0.05, 0.1) is 5.56 Å². The molecule has 1 nitrogen and oxygen atoms in total. The van der Waals surface area contributed by atoms with Gasteiger partial charge in [0, 0.05) is 0 Å². The molecule has 5 heteroatoms. The molecule has 0 bridgehead atoms. The highest BCUT2D eigenvalue weighted by molar-refractivity contribution is 5.33. The molecule has 0 radical (unpaired) electrons. The van der Waals surface area contributed by atoms with Gasteiger partial charge in [0.1, 0.15) is 6.61 Å². The summed E-state index contributed by atoms with van der Waals surface area (Å²) in [6.07, 6.45) is 0.0941. The maximum atomic E-state index is 13.2. The highest BCUT2D eigenvalue weighted by atomic mass is 19.4. The number of terminal acetylenes is 1. The van der Waals surface area contributed by atoms with Gasteiger partial charge in [-0.2, -0.15) is 13.2 Å². The van der Waals surface area contributed by atoms with Gasteiger partial charge < -0.3 is 4.74 Å². The minimum Gasteiger partial charge on any atom is -0.478 e. The standard InChI is InChI=1S/C10H6F4O/c1-2-6-15-8-5-3-4-7(9(8)11)10(12,13)14/h1,3-5H,6H2. The topological polar surface area (TPSA) is 9.23 Å². The predicted molar refractivity (Wildman–Crippen MR) is 45.7 cm³/mol. The number of hydrogen-bond acceptors (Lipinski definition) is 1. The molecular weight excluding hydrogens is 212 g/mol. The van der Waals surface area contributed by atoms with Gasteiger partial charge in [-0.05, 0) is 12.1 Å². The van der Waals surface area contributed by atoms with Crippen molar-refractivity contribution in [3.8, 4) is 18.1 Å². The lowest BCUT2D eigenvalue weighted by Crippen LogP contribution is -2.09. The van der Waals surface area contributed by atoms with E-state index in [1.54, 1.807) is 0 Å². The molecule has 0 saturated carbocycles. The zero-order valence-corrected chi connectivity index (χ0v) is 7.44. The monoisotopic (exact) mass is 218 g/mol. The second kappa shape index (κ2) is 4.22. The summed E-state index contributed by atoms with van der Waals surface area (Å²) in [7, 11) is 0. The summed E-state index contributed by atoms with van der Waals surface area (Å²) in [5.41, 5.74) is -1.36. The van der Waals surface area contributed by atoms with E-state index in [2.05, 4.69) is 4.74 Å². The minimum absolute atomic E-state index is 0.280. The van der Waals surface area contributed by atoms with Gasteiger partial charge >= 0.3 is 6.18 Å². The summed E-state index contributed by atoms with van der Waals surface area (Å²) in [5, 5.41) is 0. The van der Waals surface area contributed by atoms with Crippen LogP contribution in [-0.2, 0) is 6.18 Å². The van der Waals surface area contributed by atoms with Crippen LogP contribution in [0.3, 0.4) is 0 Å². The Morgan fingerprint density at radius 1 is 1.33 bits per heavy atom. The van der Waals surface area contributed by atoms with Crippen LogP contribution in [-0.4, -0.2) is 6.61 Å². The zero-order valence-electron chi connectivity index (χ0n) is 7.44. The van der Waals surface area contributed by atoms with E-state index in [1.807, 2.05) is 5.92 Å². The molecule has 0 aliphatic rings. The lowest BCUT2D eigenvalue weighted by atomic mass is 10.2. The van der Waals surface area contributed by atoms with Gasteiger partial charge in [0.15, 0.2) is 11.6 Å². The lowest BCUT2D eigenvalue weighted by molar-refractivity contribution is -0.140. The molecule has 15 heavy (non-hydrogen) atoms. The normalized spacial score (nSPS) is 10.9. The van der Waals surface area contributed by atoms with Gasteiger partial charge in [-0.1, -0.05) is 12.0 Å². The molecule has 1 rings (SSSR count). The summed E-state index contributed by atoms with van der Waals surface area (Å²) in [5.74, 6) is 0.0898. The summed E-state index contributed by atoms with van der Waals surface area (Å²) in [4.78, 5) is 0. The van der Waals surface area contributed by atoms with Gasteiger partial charge in [-0.3, -0.25) is 0 Å². The fraction of sp³-hybridized carbons (Fsp3) is 0.200. The molecule has 0 aliphatic carbocycles. The van der Waals surface area contributed by atoms with Gasteiger partial charge in [-0.25, -0.2) is 4.39 Å². The SMILES string of the molecule is C#CCOc1cccc(C(F)(F)F)c1F. The molecule has 0 N–H and O–H groups in total. The van der Waals surface area contributed by atoms with Crippen LogP contribution in [0.4, 0.5) is 17.6 Å². The second-order valence-corrected chi connectivity index (χ2v) is 2.61. The Balaban J connectivity index is 3.07. The first-order chi connectivity index (χ1) is 6.96. The molecule has 0 spiro atoms. The first kappa shape index (κ1) is 11.4. The maximum Gasteiger partial charge on any atom is 0.419 e. The zero-order chi connectivity index (χ0) is 11.5. The maximum absolute atomic E-state index is 13.2. The minimum atomic E-state index is -4.74. The average Bonchev–Trinajstić information content (AvgIpc) is 2.14. The van der Waals surface area contributed by atoms with Crippen molar-refractivity contribution in [1.29, 1.82) is 0 Å². The number of ether oxygens (including phenoxy) is 1. The summed E-state index contributed by atoms with van der Waals surface area (Å²) in [6, 6.07) is 2.78. The van der Waals surface area contributed by atoms with E-state index in [1.165, 1.54) is 0 Å². The van der Waals surface area contributed by atoms with Gasteiger partial charge in [0.25, 0.3) is 0 Å². The van der Waals surface area contributed by atoms with E-state index in [-0.39, 0.29) is 6.61 Å². The van der Waals surface area contributed by atoms with Crippen molar-refractivity contribution in [3.05, 3.63) is 29.6 Å². The number of hydrogen-bond donors (Lipinski definition) is 0. The molecule has 0 atom stereocenters. The fourth-order valence-electron chi connectivity index (χ4n) is 0.961. The fourth-order valence-corrected chi connectivity index (χ4v) is 0.961. The van der Waals surface area contributed by atoms with E-state index in [4.69, 9.17) is 6.42 Å². The third-order valence-electron chi connectivity index (χ3n) is 1.58. The Labute approximate surface area is 83.7 Å². The van der Waals surface area contributed by atoms with Crippen molar-refractivity contribution < 1.29 is 22.3 Å². The second-order valence-electron chi connectivity index (χ2n) is 2.61. The Kier molecular flexibility index (Phi) is 3.20. The molecule has 0 unspecified atom stereocenters. The highest BCUT2D eigenvalue weighted by Gasteiger charge is 2.35. The van der Waals surface area contributed by atoms with Crippen molar-refractivity contribution in [1.82, 2.24) is 0 Å². The molecule has 0 aromatic heterocycles. The van der Waals surface area contributed by atoms with Crippen molar-refractivity contribution in [2.24, 2.45) is 0 Å². The Morgan fingerprint density at radius 3 is 2.53 bits per heavy atom. The van der Waals surface area contributed by atoms with Crippen LogP contribution < -0.4 is 4.74 Å². The first-order valence-corrected chi connectivity index (χ1v) is 3.88. The molecule has 80 valence electrons. The van der Waals surface area contributed by atoms with Crippen LogP contribution in [0.15, 0.2) is 18.2 Å². The molecular formula is C10H6F4O. The summed E-state index contributed by atoms with van der Waals surface area (Å²) < 4.78 is 54.4.